The molecule has 0 spiro atoms. The Hall–Kier alpha value is -4.28. The maximum Gasteiger partial charge on any atom is 0.416 e. The molecule has 41 heavy (non-hydrogen) atoms. The van der Waals surface area contributed by atoms with E-state index in [4.69, 9.17) is 0 Å². The van der Waals surface area contributed by atoms with Crippen LogP contribution in [-0.2, 0) is 18.8 Å². The molecule has 0 fully saturated rings. The van der Waals surface area contributed by atoms with Gasteiger partial charge in [0.15, 0.2) is 5.78 Å². The summed E-state index contributed by atoms with van der Waals surface area (Å²) in [6.45, 7) is 2.29. The number of benzene rings is 3. The van der Waals surface area contributed by atoms with Gasteiger partial charge in [-0.1, -0.05) is 30.3 Å². The average Bonchev–Trinajstić information content (AvgIpc) is 3.16. The van der Waals surface area contributed by atoms with Gasteiger partial charge in [0.05, 0.1) is 39.9 Å². The number of alkyl halides is 6. The van der Waals surface area contributed by atoms with Crippen LogP contribution in [0.4, 0.5) is 37.7 Å². The second-order valence-corrected chi connectivity index (χ2v) is 10.4. The van der Waals surface area contributed by atoms with Crippen molar-refractivity contribution in [2.24, 2.45) is 5.92 Å². The van der Waals surface area contributed by atoms with E-state index < -0.39 is 23.5 Å². The van der Waals surface area contributed by atoms with Gasteiger partial charge in [0.2, 0.25) is 0 Å². The first kappa shape index (κ1) is 26.9. The molecule has 5 nitrogen and oxygen atoms in total. The first-order valence-electron chi connectivity index (χ1n) is 13.0. The van der Waals surface area contributed by atoms with E-state index in [9.17, 15) is 31.1 Å². The summed E-state index contributed by atoms with van der Waals surface area (Å²) in [5.74, 6) is -0.0823. The minimum Gasteiger partial charge on any atom is -0.383 e. The second kappa shape index (κ2) is 9.67. The fourth-order valence-corrected chi connectivity index (χ4v) is 5.76. The van der Waals surface area contributed by atoms with Gasteiger partial charge in [-0.3, -0.25) is 4.79 Å². The predicted octanol–water partition coefficient (Wildman–Crippen LogP) is 7.59. The van der Waals surface area contributed by atoms with Crippen LogP contribution in [0.25, 0.3) is 5.69 Å². The van der Waals surface area contributed by atoms with Crippen LogP contribution in [0, 0.1) is 12.8 Å². The Kier molecular flexibility index (Phi) is 6.35. The van der Waals surface area contributed by atoms with Gasteiger partial charge < -0.3 is 10.6 Å². The molecule has 1 aliphatic carbocycles. The molecular formula is C30H24F6N4O. The number of aryl methyl sites for hydroxylation is 1. The Balaban J connectivity index is 1.41. The normalized spacial score (nSPS) is 18.3. The van der Waals surface area contributed by atoms with Gasteiger partial charge in [-0.05, 0) is 56.2 Å². The van der Waals surface area contributed by atoms with E-state index >= 15 is 0 Å². The Morgan fingerprint density at radius 1 is 0.878 bits per heavy atom. The quantitative estimate of drug-likeness (QED) is 0.197. The molecule has 2 unspecified atom stereocenters. The Morgan fingerprint density at radius 2 is 1.56 bits per heavy atom. The Labute approximate surface area is 231 Å². The molecule has 2 atom stereocenters. The monoisotopic (exact) mass is 570 g/mol. The molecule has 4 aromatic rings. The molecule has 2 aliphatic rings. The smallest absolute Gasteiger partial charge is 0.383 e. The Bertz CT molecular complexity index is 1610. The molecule has 0 bridgehead atoms. The molecular weight excluding hydrogens is 546 g/mol. The van der Waals surface area contributed by atoms with E-state index in [0.717, 1.165) is 11.3 Å². The largest absolute Gasteiger partial charge is 0.416 e. The standard InChI is InChI=1S/C30H24F6N4O/c1-16-26-25(40(39-16)22-13-20(29(31,32)33)12-21(14-22)30(34,35)36)10-8-19-15-37-23-9-7-18(11-24(23)38-27(19)26)28(41)17-5-3-2-4-6-17/h2-7,9,11-14,19,27,37-38H,8,10,15H2,1H3. The van der Waals surface area contributed by atoms with Crippen molar-refractivity contribution < 1.29 is 31.1 Å². The van der Waals surface area contributed by atoms with Crippen molar-refractivity contribution in [3.63, 3.8) is 0 Å². The van der Waals surface area contributed by atoms with Crippen LogP contribution < -0.4 is 10.6 Å². The van der Waals surface area contributed by atoms with Gasteiger partial charge in [0.25, 0.3) is 0 Å². The summed E-state index contributed by atoms with van der Waals surface area (Å²) in [7, 11) is 0. The van der Waals surface area contributed by atoms with E-state index in [-0.39, 0.29) is 29.5 Å². The van der Waals surface area contributed by atoms with Crippen molar-refractivity contribution in [3.8, 4) is 5.69 Å². The van der Waals surface area contributed by atoms with Crippen LogP contribution in [-0.4, -0.2) is 22.1 Å². The number of aromatic nitrogens is 2. The molecule has 1 aliphatic heterocycles. The van der Waals surface area contributed by atoms with Crippen LogP contribution in [0.3, 0.4) is 0 Å². The minimum absolute atomic E-state index is 0.0618. The number of carbonyl (C=O) groups is 1. The lowest BCUT2D eigenvalue weighted by Crippen LogP contribution is -2.30. The number of nitrogens with zero attached hydrogens (tertiary/aromatic N) is 2. The van der Waals surface area contributed by atoms with Crippen molar-refractivity contribution in [3.05, 3.63) is 106 Å². The molecule has 3 aromatic carbocycles. The van der Waals surface area contributed by atoms with E-state index in [2.05, 4.69) is 15.7 Å². The molecule has 0 radical (unpaired) electrons. The van der Waals surface area contributed by atoms with Crippen LogP contribution in [0.5, 0.6) is 0 Å². The number of nitrogens with one attached hydrogen (secondary N) is 2. The zero-order chi connectivity index (χ0) is 29.1. The zero-order valence-corrected chi connectivity index (χ0v) is 21.7. The number of halogens is 6. The fraction of sp³-hybridized carbons (Fsp3) is 0.267. The number of carbonyl (C=O) groups excluding carboxylic acids is 1. The summed E-state index contributed by atoms with van der Waals surface area (Å²) in [5, 5.41) is 11.4. The fourth-order valence-electron chi connectivity index (χ4n) is 5.76. The van der Waals surface area contributed by atoms with Gasteiger partial charge in [0, 0.05) is 34.8 Å². The molecule has 2 heterocycles. The minimum atomic E-state index is -4.96. The third-order valence-electron chi connectivity index (χ3n) is 7.74. The maximum atomic E-state index is 13.6. The summed E-state index contributed by atoms with van der Waals surface area (Å²) < 4.78 is 82.6. The third-order valence-corrected chi connectivity index (χ3v) is 7.74. The van der Waals surface area contributed by atoms with Crippen molar-refractivity contribution >= 4 is 17.2 Å². The van der Waals surface area contributed by atoms with Gasteiger partial charge in [-0.2, -0.15) is 31.4 Å². The highest BCUT2D eigenvalue weighted by Gasteiger charge is 2.39. The van der Waals surface area contributed by atoms with E-state index in [1.165, 1.54) is 4.68 Å². The highest BCUT2D eigenvalue weighted by molar-refractivity contribution is 6.09. The second-order valence-electron chi connectivity index (χ2n) is 10.4. The number of ketones is 1. The average molecular weight is 571 g/mol. The molecule has 6 rings (SSSR count). The zero-order valence-electron chi connectivity index (χ0n) is 21.7. The van der Waals surface area contributed by atoms with Gasteiger partial charge >= 0.3 is 12.4 Å². The molecule has 11 heteroatoms. The molecule has 212 valence electrons. The molecule has 1 aromatic heterocycles. The van der Waals surface area contributed by atoms with Gasteiger partial charge in [0.1, 0.15) is 0 Å². The molecule has 0 saturated carbocycles. The molecule has 0 saturated heterocycles. The van der Waals surface area contributed by atoms with Crippen LogP contribution in [0.15, 0.2) is 66.7 Å². The van der Waals surface area contributed by atoms with Crippen molar-refractivity contribution in [1.82, 2.24) is 9.78 Å². The first-order valence-corrected chi connectivity index (χ1v) is 13.0. The molecule has 2 N–H and O–H groups in total. The molecule has 0 amide bonds. The highest BCUT2D eigenvalue weighted by Crippen LogP contribution is 2.44. The number of rotatable bonds is 3. The number of hydrogen-bond donors (Lipinski definition) is 2. The topological polar surface area (TPSA) is 59.0 Å². The predicted molar refractivity (Wildman–Crippen MR) is 141 cm³/mol. The number of anilines is 2. The van der Waals surface area contributed by atoms with Crippen molar-refractivity contribution in [1.29, 1.82) is 0 Å². The van der Waals surface area contributed by atoms with Crippen LogP contribution >= 0.6 is 0 Å². The van der Waals surface area contributed by atoms with E-state index in [0.29, 0.717) is 59.7 Å². The summed E-state index contributed by atoms with van der Waals surface area (Å²) in [4.78, 5) is 13.1. The van der Waals surface area contributed by atoms with Gasteiger partial charge in [-0.25, -0.2) is 4.68 Å². The summed E-state index contributed by atoms with van der Waals surface area (Å²) in [5.41, 5.74) is 1.23. The van der Waals surface area contributed by atoms with E-state index in [1.54, 1.807) is 43.3 Å². The maximum absolute atomic E-state index is 13.6. The summed E-state index contributed by atoms with van der Waals surface area (Å²) in [6.07, 6.45) is -8.88. The lowest BCUT2D eigenvalue weighted by Gasteiger charge is -2.32. The number of fused-ring (bicyclic) bond motifs is 4. The SMILES string of the molecule is Cc1nn(-c2cc(C(F)(F)F)cc(C(F)(F)F)c2)c2c1C1Nc3cc(C(=O)c4ccccc4)ccc3NCC1CC2. The number of hydrogen-bond acceptors (Lipinski definition) is 4. The third kappa shape index (κ3) is 4.93. The lowest BCUT2D eigenvalue weighted by atomic mass is 9.81. The summed E-state index contributed by atoms with van der Waals surface area (Å²) >= 11 is 0. The van der Waals surface area contributed by atoms with Crippen LogP contribution in [0.1, 0.15) is 56.5 Å². The highest BCUT2D eigenvalue weighted by atomic mass is 19.4. The van der Waals surface area contributed by atoms with E-state index in [1.807, 2.05) is 12.1 Å². The lowest BCUT2D eigenvalue weighted by molar-refractivity contribution is -0.143. The van der Waals surface area contributed by atoms with Crippen molar-refractivity contribution in [2.75, 3.05) is 17.2 Å². The Morgan fingerprint density at radius 3 is 2.22 bits per heavy atom. The summed E-state index contributed by atoms with van der Waals surface area (Å²) in [6, 6.07) is 15.4. The van der Waals surface area contributed by atoms with Gasteiger partial charge in [-0.15, -0.1) is 0 Å². The van der Waals surface area contributed by atoms with Crippen molar-refractivity contribution in [2.45, 2.75) is 38.2 Å². The van der Waals surface area contributed by atoms with Crippen LogP contribution in [0.2, 0.25) is 0 Å². The first-order chi connectivity index (χ1) is 19.4.